The number of rotatable bonds is 9. The molecule has 2 aliphatic carbocycles. The number of benzene rings is 6. The third-order valence-electron chi connectivity index (χ3n) is 13.6. The predicted molar refractivity (Wildman–Crippen MR) is 268 cm³/mol. The van der Waals surface area contributed by atoms with Gasteiger partial charge in [-0.2, -0.15) is 21.0 Å². The van der Waals surface area contributed by atoms with Gasteiger partial charge in [0.05, 0.1) is 44.3 Å². The van der Waals surface area contributed by atoms with Gasteiger partial charge in [-0.3, -0.25) is 17.4 Å². The zero-order chi connectivity index (χ0) is 45.9. The van der Waals surface area contributed by atoms with Crippen LogP contribution >= 0.6 is 16.9 Å². The first-order valence-corrected chi connectivity index (χ1v) is 25.2. The molecular formula is C56H40N8O2P2. The fraction of sp³-hybridized carbons (Fsp3) is 0.143. The third-order valence-corrected chi connectivity index (χ3v) is 17.1. The van der Waals surface area contributed by atoms with Crippen LogP contribution in [0, 0.1) is 45.3 Å². The maximum atomic E-state index is 10.5. The second kappa shape index (κ2) is 17.0. The summed E-state index contributed by atoms with van der Waals surface area (Å²) in [5.41, 5.74) is 12.6. The van der Waals surface area contributed by atoms with E-state index < -0.39 is 16.9 Å². The minimum Gasteiger partial charge on any atom is -0.435 e. The average molecular weight is 919 g/mol. The van der Waals surface area contributed by atoms with E-state index in [1.165, 1.54) is 22.3 Å². The van der Waals surface area contributed by atoms with Gasteiger partial charge in [-0.1, -0.05) is 84.9 Å². The first-order chi connectivity index (χ1) is 33.6. The molecule has 12 rings (SSSR count). The van der Waals surface area contributed by atoms with Crippen LogP contribution in [0.5, 0.6) is 11.5 Å². The average Bonchev–Trinajstić information content (AvgIpc) is 4.18. The Morgan fingerprint density at radius 1 is 0.368 bits per heavy atom. The summed E-state index contributed by atoms with van der Waals surface area (Å²) in [5.74, 6) is 1.38. The molecule has 0 N–H and O–H groups in total. The molecule has 10 nitrogen and oxygen atoms in total. The molecule has 0 saturated heterocycles. The number of hydrogen-bond acceptors (Lipinski definition) is 6. The Labute approximate surface area is 395 Å². The Morgan fingerprint density at radius 2 is 0.662 bits per heavy atom. The van der Waals surface area contributed by atoms with Gasteiger partial charge in [-0.25, -0.2) is 0 Å². The molecule has 10 aromatic rings. The molecule has 4 heterocycles. The summed E-state index contributed by atoms with van der Waals surface area (Å²) in [4.78, 5) is 0. The number of aromatic nitrogens is 4. The van der Waals surface area contributed by atoms with Crippen molar-refractivity contribution in [1.29, 1.82) is 21.0 Å². The second-order valence-corrected chi connectivity index (χ2v) is 20.4. The van der Waals surface area contributed by atoms with E-state index in [4.69, 9.17) is 9.05 Å². The monoisotopic (exact) mass is 918 g/mol. The topological polar surface area (TPSA) is 133 Å². The maximum Gasteiger partial charge on any atom is 0.318 e. The van der Waals surface area contributed by atoms with Gasteiger partial charge in [-0.15, -0.1) is 0 Å². The first kappa shape index (κ1) is 41.3. The molecule has 2 aliphatic rings. The second-order valence-electron chi connectivity index (χ2n) is 17.3. The van der Waals surface area contributed by atoms with Gasteiger partial charge in [0, 0.05) is 57.5 Å². The molecule has 0 radical (unpaired) electrons. The minimum absolute atomic E-state index is 0.537. The molecule has 0 atom stereocenters. The Morgan fingerprint density at radius 3 is 0.971 bits per heavy atom. The standard InChI is InChI=1S/C56H40N8O2P2/c57-29-39-33-61(49-21-9-5-15-43(39)49)67(62-34-40(30-58)44-16-6-10-22-50(44)62)65-53-27-25-37-13-1-3-19-47(37)55(53)56-48-20-4-2-14-38(48)26-28-54(56)66-68(63-35-41(31-59)45-17-7-11-23-51(45)63)64-36-42(32-60)46-18-8-12-24-52(46)64/h5-12,15-18,21-28,33-36H,1-4,13-14,19-20H2. The third kappa shape index (κ3) is 6.65. The van der Waals surface area contributed by atoms with E-state index in [1.54, 1.807) is 0 Å². The molecular weight excluding hydrogens is 879 g/mol. The first-order valence-electron chi connectivity index (χ1n) is 22.8. The summed E-state index contributed by atoms with van der Waals surface area (Å²) in [6.45, 7) is 0. The van der Waals surface area contributed by atoms with Crippen LogP contribution in [0.15, 0.2) is 146 Å². The summed E-state index contributed by atoms with van der Waals surface area (Å²) in [5, 5.41) is 45.1. The van der Waals surface area contributed by atoms with Gasteiger partial charge >= 0.3 is 16.9 Å². The van der Waals surface area contributed by atoms with Crippen LogP contribution in [-0.4, -0.2) is 17.4 Å². The lowest BCUT2D eigenvalue weighted by Gasteiger charge is -2.31. The highest BCUT2D eigenvalue weighted by atomic mass is 31.2. The number of hydrogen-bond donors (Lipinski definition) is 0. The van der Waals surface area contributed by atoms with Crippen molar-refractivity contribution in [3.05, 3.63) is 191 Å². The van der Waals surface area contributed by atoms with Crippen LogP contribution in [-0.2, 0) is 25.7 Å². The van der Waals surface area contributed by atoms with Crippen molar-refractivity contribution in [3.8, 4) is 46.9 Å². The molecule has 0 amide bonds. The van der Waals surface area contributed by atoms with Crippen molar-refractivity contribution in [2.45, 2.75) is 51.4 Å². The zero-order valence-electron chi connectivity index (χ0n) is 36.8. The Kier molecular flexibility index (Phi) is 10.3. The molecule has 0 aliphatic heterocycles. The van der Waals surface area contributed by atoms with Crippen molar-refractivity contribution in [2.75, 3.05) is 0 Å². The van der Waals surface area contributed by atoms with Crippen molar-refractivity contribution in [3.63, 3.8) is 0 Å². The van der Waals surface area contributed by atoms with E-state index in [2.05, 4.69) is 65.9 Å². The highest BCUT2D eigenvalue weighted by Gasteiger charge is 2.33. The molecule has 0 bridgehead atoms. The minimum atomic E-state index is -1.84. The molecule has 4 aromatic heterocycles. The number of nitriles is 4. The molecule has 0 spiro atoms. The van der Waals surface area contributed by atoms with Gasteiger partial charge in [0.1, 0.15) is 35.8 Å². The van der Waals surface area contributed by atoms with Crippen LogP contribution in [0.2, 0.25) is 0 Å². The Bertz CT molecular complexity index is 3430. The van der Waals surface area contributed by atoms with Gasteiger partial charge in [0.2, 0.25) is 0 Å². The summed E-state index contributed by atoms with van der Waals surface area (Å²) < 4.78 is 23.7. The largest absolute Gasteiger partial charge is 0.435 e. The molecule has 0 unspecified atom stereocenters. The van der Waals surface area contributed by atoms with Crippen LogP contribution in [0.1, 0.15) is 70.2 Å². The predicted octanol–water partition coefficient (Wildman–Crippen LogP) is 13.8. The summed E-state index contributed by atoms with van der Waals surface area (Å²) in [6.07, 6.45) is 15.4. The molecule has 326 valence electrons. The highest BCUT2D eigenvalue weighted by Crippen LogP contribution is 2.56. The fourth-order valence-electron chi connectivity index (χ4n) is 10.4. The van der Waals surface area contributed by atoms with E-state index in [-0.39, 0.29) is 0 Å². The molecule has 68 heavy (non-hydrogen) atoms. The lowest BCUT2D eigenvalue weighted by molar-refractivity contribution is 0.582. The molecule has 0 fully saturated rings. The summed E-state index contributed by atoms with van der Waals surface area (Å²) >= 11 is 0. The number of para-hydroxylation sites is 4. The van der Waals surface area contributed by atoms with Crippen molar-refractivity contribution in [1.82, 2.24) is 17.4 Å². The van der Waals surface area contributed by atoms with E-state index >= 15 is 0 Å². The fourth-order valence-corrected chi connectivity index (χ4v) is 14.2. The van der Waals surface area contributed by atoms with Gasteiger partial charge in [0.25, 0.3) is 0 Å². The lowest BCUT2D eigenvalue weighted by Crippen LogP contribution is -2.13. The molecule has 6 aromatic carbocycles. The Balaban J connectivity index is 1.12. The van der Waals surface area contributed by atoms with Crippen LogP contribution < -0.4 is 9.05 Å². The number of nitrogens with zero attached hydrogens (tertiary/aromatic N) is 8. The van der Waals surface area contributed by atoms with Gasteiger partial charge < -0.3 is 9.05 Å². The van der Waals surface area contributed by atoms with E-state index in [0.717, 1.165) is 106 Å². The molecule has 12 heteroatoms. The van der Waals surface area contributed by atoms with Gasteiger partial charge in [-0.05, 0) is 110 Å². The van der Waals surface area contributed by atoms with E-state index in [1.807, 2.05) is 122 Å². The van der Waals surface area contributed by atoms with E-state index in [9.17, 15) is 21.0 Å². The SMILES string of the molecule is N#Cc1cn(P(Oc2ccc3c(c2-c2c(OP(n4cc(C#N)c5ccccc54)n4cc(C#N)c5ccccc54)ccc4c2CCCC4)CCCC3)n2cc(C#N)c3ccccc32)c2ccccc12. The van der Waals surface area contributed by atoms with Crippen molar-refractivity contribution < 1.29 is 9.05 Å². The number of fused-ring (bicyclic) bond motifs is 6. The quantitative estimate of drug-likeness (QED) is 0.132. The summed E-state index contributed by atoms with van der Waals surface area (Å²) in [6, 6.07) is 50.0. The zero-order valence-corrected chi connectivity index (χ0v) is 38.6. The lowest BCUT2D eigenvalue weighted by atomic mass is 9.80. The highest BCUT2D eigenvalue weighted by molar-refractivity contribution is 7.50. The smallest absolute Gasteiger partial charge is 0.318 e. The van der Waals surface area contributed by atoms with Crippen molar-refractivity contribution in [2.24, 2.45) is 0 Å². The maximum absolute atomic E-state index is 10.5. The normalized spacial score (nSPS) is 13.3. The van der Waals surface area contributed by atoms with Crippen LogP contribution in [0.4, 0.5) is 0 Å². The summed E-state index contributed by atoms with van der Waals surface area (Å²) in [7, 11) is -3.68. The number of aryl methyl sites for hydroxylation is 2. The Hall–Kier alpha value is -8.10. The van der Waals surface area contributed by atoms with Gasteiger partial charge in [0.15, 0.2) is 0 Å². The van der Waals surface area contributed by atoms with Crippen LogP contribution in [0.3, 0.4) is 0 Å². The van der Waals surface area contributed by atoms with Crippen molar-refractivity contribution >= 4 is 60.5 Å². The van der Waals surface area contributed by atoms with Crippen LogP contribution in [0.25, 0.3) is 54.7 Å². The molecule has 0 saturated carbocycles. The van der Waals surface area contributed by atoms with E-state index in [0.29, 0.717) is 33.8 Å².